The van der Waals surface area contributed by atoms with E-state index in [9.17, 15) is 43.9 Å². The molecule has 0 amide bonds. The Bertz CT molecular complexity index is 1460. The van der Waals surface area contributed by atoms with Crippen LogP contribution in [0.2, 0.25) is 0 Å². The van der Waals surface area contributed by atoms with E-state index in [1.54, 1.807) is 13.8 Å². The van der Waals surface area contributed by atoms with Gasteiger partial charge in [-0.1, -0.05) is 0 Å². The fourth-order valence-corrected chi connectivity index (χ4v) is 2.94. The molecule has 6 nitrogen and oxygen atoms in total. The first kappa shape index (κ1) is 28.5. The van der Waals surface area contributed by atoms with Crippen molar-refractivity contribution in [2.45, 2.75) is 32.4 Å². The number of nitrogens with one attached hydrogen (secondary N) is 2. The fourth-order valence-electron chi connectivity index (χ4n) is 2.94. The number of alkyl halides is 9. The Morgan fingerprint density at radius 2 is 1.45 bits per heavy atom. The Balaban J connectivity index is 0.000000934. The van der Waals surface area contributed by atoms with E-state index in [0.29, 0.717) is 30.1 Å². The monoisotopic (exact) mass is 552 g/mol. The topological polar surface area (TPSA) is 91.2 Å². The van der Waals surface area contributed by atoms with E-state index >= 15 is 0 Å². The van der Waals surface area contributed by atoms with Gasteiger partial charge in [-0.25, -0.2) is 19.3 Å². The molecular formula is C22H14F10N6. The third kappa shape index (κ3) is 6.41. The van der Waals surface area contributed by atoms with Gasteiger partial charge in [0.1, 0.15) is 22.9 Å². The summed E-state index contributed by atoms with van der Waals surface area (Å²) in [5.74, 6) is -2.65. The molecule has 0 aliphatic rings. The molecule has 0 spiro atoms. The molecule has 0 aliphatic carbocycles. The van der Waals surface area contributed by atoms with E-state index in [0.717, 1.165) is 6.07 Å². The predicted molar refractivity (Wildman–Crippen MR) is 114 cm³/mol. The summed E-state index contributed by atoms with van der Waals surface area (Å²) in [6.45, 7) is 3.50. The molecule has 4 aromatic rings. The summed E-state index contributed by atoms with van der Waals surface area (Å²) in [6, 6.07) is 2.67. The maximum atomic E-state index is 14.3. The van der Waals surface area contributed by atoms with Crippen LogP contribution in [-0.4, -0.2) is 30.6 Å². The number of imidazole rings is 1. The van der Waals surface area contributed by atoms with Gasteiger partial charge in [0, 0.05) is 17.5 Å². The second-order valence-corrected chi connectivity index (χ2v) is 7.80. The van der Waals surface area contributed by atoms with Crippen molar-refractivity contribution in [1.82, 2.24) is 24.9 Å². The molecule has 0 atom stereocenters. The lowest BCUT2D eigenvalue weighted by atomic mass is 10.1. The van der Waals surface area contributed by atoms with Crippen LogP contribution in [0.5, 0.6) is 0 Å². The van der Waals surface area contributed by atoms with Crippen molar-refractivity contribution in [2.24, 2.45) is 0 Å². The second-order valence-electron chi connectivity index (χ2n) is 7.80. The first-order valence-electron chi connectivity index (χ1n) is 10.2. The number of halogens is 10. The molecule has 16 heteroatoms. The highest BCUT2D eigenvalue weighted by atomic mass is 19.4. The molecular weight excluding hydrogens is 538 g/mol. The van der Waals surface area contributed by atoms with Crippen molar-refractivity contribution in [1.29, 1.82) is 5.41 Å². The van der Waals surface area contributed by atoms with Gasteiger partial charge >= 0.3 is 18.5 Å². The van der Waals surface area contributed by atoms with Crippen molar-refractivity contribution in [2.75, 3.05) is 0 Å². The van der Waals surface area contributed by atoms with Crippen LogP contribution < -0.4 is 0 Å². The molecule has 202 valence electrons. The molecule has 0 bridgehead atoms. The van der Waals surface area contributed by atoms with Gasteiger partial charge in [0.2, 0.25) is 0 Å². The van der Waals surface area contributed by atoms with Crippen molar-refractivity contribution in [3.05, 3.63) is 59.3 Å². The minimum Gasteiger partial charge on any atom is -0.335 e. The first-order valence-corrected chi connectivity index (χ1v) is 10.2. The number of aromatic nitrogens is 5. The summed E-state index contributed by atoms with van der Waals surface area (Å²) >= 11 is 0. The Labute approximate surface area is 206 Å². The van der Waals surface area contributed by atoms with Crippen molar-refractivity contribution < 1.29 is 43.9 Å². The van der Waals surface area contributed by atoms with Gasteiger partial charge in [0.05, 0.1) is 11.1 Å². The van der Waals surface area contributed by atoms with Crippen LogP contribution in [0, 0.1) is 11.2 Å². The molecule has 0 radical (unpaired) electrons. The summed E-state index contributed by atoms with van der Waals surface area (Å²) in [5.41, 5.74) is -5.84. The molecule has 4 rings (SSSR count). The van der Waals surface area contributed by atoms with E-state index in [-0.39, 0.29) is 11.6 Å². The highest BCUT2D eigenvalue weighted by molar-refractivity contribution is 5.80. The Kier molecular flexibility index (Phi) is 7.48. The number of fused-ring (bicyclic) bond motifs is 1. The van der Waals surface area contributed by atoms with E-state index in [1.165, 1.54) is 0 Å². The summed E-state index contributed by atoms with van der Waals surface area (Å²) < 4.78 is 131. The summed E-state index contributed by atoms with van der Waals surface area (Å²) in [5, 5.41) is 6.50. The Hall–Kier alpha value is -4.11. The molecule has 0 unspecified atom stereocenters. The number of H-pyrrole nitrogens is 1. The third-order valence-electron chi connectivity index (χ3n) is 4.48. The van der Waals surface area contributed by atoms with Crippen LogP contribution >= 0.6 is 0 Å². The first-order chi connectivity index (χ1) is 17.4. The maximum Gasteiger partial charge on any atom is 0.435 e. The lowest BCUT2D eigenvalue weighted by molar-refractivity contribution is -0.141. The second kappa shape index (κ2) is 9.98. The molecule has 0 saturated heterocycles. The Morgan fingerprint density at radius 1 is 0.816 bits per heavy atom. The smallest absolute Gasteiger partial charge is 0.335 e. The number of nitrogens with zero attached hydrogens (tertiary/aromatic N) is 4. The van der Waals surface area contributed by atoms with Gasteiger partial charge in [-0.15, -0.1) is 0 Å². The van der Waals surface area contributed by atoms with Crippen molar-refractivity contribution in [3.8, 4) is 22.8 Å². The normalized spacial score (nSPS) is 12.3. The van der Waals surface area contributed by atoms with E-state index in [1.807, 2.05) is 0 Å². The van der Waals surface area contributed by atoms with Gasteiger partial charge in [-0.2, -0.15) is 39.5 Å². The molecule has 38 heavy (non-hydrogen) atoms. The minimum absolute atomic E-state index is 0.151. The largest absolute Gasteiger partial charge is 0.435 e. The van der Waals surface area contributed by atoms with Crippen LogP contribution in [0.3, 0.4) is 0 Å². The van der Waals surface area contributed by atoms with E-state index in [4.69, 9.17) is 5.41 Å². The van der Waals surface area contributed by atoms with Crippen LogP contribution in [0.25, 0.3) is 33.9 Å². The highest BCUT2D eigenvalue weighted by Gasteiger charge is 2.38. The minimum atomic E-state index is -5.10. The van der Waals surface area contributed by atoms with E-state index < -0.39 is 69.7 Å². The molecule has 3 aromatic heterocycles. The standard InChI is InChI=1S/C19H7F10N5.C3H7N/c20-10-5-8(17(21,22)23)2-3-9(10)15-31-12-13(19(27,28)29)32-14(33-16(12)34-15)7-1-4-11(30-6-7)18(24,25)26;1-3(2)4/h1-6H,(H,31,32,33,34);4H,1-2H3. The average molecular weight is 552 g/mol. The van der Waals surface area contributed by atoms with Gasteiger partial charge in [0.25, 0.3) is 0 Å². The van der Waals surface area contributed by atoms with Crippen molar-refractivity contribution >= 4 is 16.9 Å². The van der Waals surface area contributed by atoms with Crippen LogP contribution in [0.15, 0.2) is 36.5 Å². The fraction of sp³-hybridized carbons (Fsp3) is 0.227. The average Bonchev–Trinajstić information content (AvgIpc) is 3.20. The number of rotatable bonds is 2. The summed E-state index contributed by atoms with van der Waals surface area (Å²) in [4.78, 5) is 16.1. The Morgan fingerprint density at radius 3 is 1.92 bits per heavy atom. The van der Waals surface area contributed by atoms with E-state index in [2.05, 4.69) is 24.9 Å². The maximum absolute atomic E-state index is 14.3. The number of aromatic amines is 1. The molecule has 3 heterocycles. The van der Waals surface area contributed by atoms with Crippen LogP contribution in [-0.2, 0) is 18.5 Å². The molecule has 2 N–H and O–H groups in total. The quantitative estimate of drug-likeness (QED) is 0.201. The lowest BCUT2D eigenvalue weighted by Crippen LogP contribution is -2.11. The summed E-state index contributed by atoms with van der Waals surface area (Å²) in [7, 11) is 0. The van der Waals surface area contributed by atoms with Gasteiger partial charge in [-0.05, 0) is 44.2 Å². The van der Waals surface area contributed by atoms with Crippen LogP contribution in [0.1, 0.15) is 30.8 Å². The van der Waals surface area contributed by atoms with Crippen LogP contribution in [0.4, 0.5) is 43.9 Å². The molecule has 1 aromatic carbocycles. The van der Waals surface area contributed by atoms with Crippen molar-refractivity contribution in [3.63, 3.8) is 0 Å². The molecule has 0 saturated carbocycles. The summed E-state index contributed by atoms with van der Waals surface area (Å²) in [6.07, 6.45) is -14.1. The number of hydrogen-bond acceptors (Lipinski definition) is 5. The zero-order valence-electron chi connectivity index (χ0n) is 19.0. The van der Waals surface area contributed by atoms with Gasteiger partial charge in [0.15, 0.2) is 17.2 Å². The zero-order valence-corrected chi connectivity index (χ0v) is 19.0. The zero-order chi connectivity index (χ0) is 28.6. The molecule has 0 fully saturated rings. The number of hydrogen-bond donors (Lipinski definition) is 2. The van der Waals surface area contributed by atoms with Gasteiger partial charge in [-0.3, -0.25) is 4.98 Å². The number of pyridine rings is 1. The van der Waals surface area contributed by atoms with Gasteiger partial charge < -0.3 is 10.4 Å². The SMILES string of the molecule is CC(C)=N.Fc1cc(C(F)(F)F)ccc1-c1nc2nc(-c3ccc(C(F)(F)F)nc3)nc(C(F)(F)F)c2[nH]1. The highest BCUT2D eigenvalue weighted by Crippen LogP contribution is 2.36. The lowest BCUT2D eigenvalue weighted by Gasteiger charge is -2.09. The predicted octanol–water partition coefficient (Wildman–Crippen LogP) is 7.32. The number of benzene rings is 1. The third-order valence-corrected chi connectivity index (χ3v) is 4.48. The molecule has 0 aliphatic heterocycles.